The van der Waals surface area contributed by atoms with E-state index in [1.165, 1.54) is 5.56 Å². The number of nitrogens with zero attached hydrogens (tertiary/aromatic N) is 1. The third-order valence-corrected chi connectivity index (χ3v) is 4.59. The number of fused-ring (bicyclic) bond motifs is 2. The lowest BCUT2D eigenvalue weighted by molar-refractivity contribution is -0.138. The van der Waals surface area contributed by atoms with Gasteiger partial charge in [0.05, 0.1) is 5.60 Å². The van der Waals surface area contributed by atoms with Crippen LogP contribution in [0.15, 0.2) is 30.3 Å². The van der Waals surface area contributed by atoms with Crippen LogP contribution in [0, 0.1) is 0 Å². The topological polar surface area (TPSA) is 40.5 Å². The van der Waals surface area contributed by atoms with E-state index in [4.69, 9.17) is 0 Å². The van der Waals surface area contributed by atoms with Gasteiger partial charge in [0.2, 0.25) is 5.91 Å². The normalized spacial score (nSPS) is 33.5. The molecule has 1 aromatic carbocycles. The van der Waals surface area contributed by atoms with E-state index in [1.807, 2.05) is 23.1 Å². The van der Waals surface area contributed by atoms with Gasteiger partial charge in [0.15, 0.2) is 0 Å². The smallest absolute Gasteiger partial charge is 0.219 e. The lowest BCUT2D eigenvalue weighted by Crippen LogP contribution is -2.53. The summed E-state index contributed by atoms with van der Waals surface area (Å²) in [5.41, 5.74) is 0.541. The minimum absolute atomic E-state index is 0.161. The van der Waals surface area contributed by atoms with Crippen molar-refractivity contribution in [3.63, 3.8) is 0 Å². The Kier molecular flexibility index (Phi) is 3.09. The van der Waals surface area contributed by atoms with E-state index in [2.05, 4.69) is 12.1 Å². The van der Waals surface area contributed by atoms with E-state index in [1.54, 1.807) is 6.92 Å². The monoisotopic (exact) mass is 259 g/mol. The first-order valence-electron chi connectivity index (χ1n) is 7.13. The van der Waals surface area contributed by atoms with E-state index < -0.39 is 5.60 Å². The van der Waals surface area contributed by atoms with Crippen molar-refractivity contribution in [2.75, 3.05) is 0 Å². The predicted molar refractivity (Wildman–Crippen MR) is 73.7 cm³/mol. The summed E-state index contributed by atoms with van der Waals surface area (Å²) in [4.78, 5) is 13.7. The van der Waals surface area contributed by atoms with E-state index in [9.17, 15) is 9.90 Å². The van der Waals surface area contributed by atoms with Crippen LogP contribution in [0.4, 0.5) is 0 Å². The number of aliphatic hydroxyl groups is 1. The number of hydrogen-bond donors (Lipinski definition) is 1. The summed E-state index contributed by atoms with van der Waals surface area (Å²) in [7, 11) is 0. The van der Waals surface area contributed by atoms with E-state index >= 15 is 0 Å². The molecule has 2 aliphatic rings. The molecule has 1 aromatic rings. The summed E-state index contributed by atoms with van der Waals surface area (Å²) in [5.74, 6) is 0.161. The maximum atomic E-state index is 11.7. The molecular formula is C16H21NO2. The summed E-state index contributed by atoms with van der Waals surface area (Å²) in [5, 5.41) is 10.9. The van der Waals surface area contributed by atoms with Gasteiger partial charge in [0.25, 0.3) is 0 Å². The molecule has 2 aliphatic heterocycles. The van der Waals surface area contributed by atoms with Crippen LogP contribution in [0.3, 0.4) is 0 Å². The average molecular weight is 259 g/mol. The Morgan fingerprint density at radius 1 is 1.26 bits per heavy atom. The first-order chi connectivity index (χ1) is 9.07. The number of hydrogen-bond acceptors (Lipinski definition) is 2. The van der Waals surface area contributed by atoms with Crippen LogP contribution in [0.2, 0.25) is 0 Å². The second kappa shape index (κ2) is 4.64. The fraction of sp³-hybridized carbons (Fsp3) is 0.562. The molecule has 3 heteroatoms. The van der Waals surface area contributed by atoms with Gasteiger partial charge in [0.1, 0.15) is 0 Å². The Bertz CT molecular complexity index is 457. The van der Waals surface area contributed by atoms with Crippen molar-refractivity contribution < 1.29 is 9.90 Å². The van der Waals surface area contributed by atoms with Crippen molar-refractivity contribution in [1.82, 2.24) is 4.90 Å². The van der Waals surface area contributed by atoms with Gasteiger partial charge in [-0.15, -0.1) is 0 Å². The minimum Gasteiger partial charge on any atom is -0.389 e. The molecule has 2 atom stereocenters. The summed E-state index contributed by atoms with van der Waals surface area (Å²) < 4.78 is 0. The molecule has 2 heterocycles. The van der Waals surface area contributed by atoms with Gasteiger partial charge in [-0.3, -0.25) is 4.79 Å². The number of rotatable bonds is 2. The van der Waals surface area contributed by atoms with Crippen molar-refractivity contribution in [3.05, 3.63) is 35.9 Å². The summed E-state index contributed by atoms with van der Waals surface area (Å²) >= 11 is 0. The molecule has 3 rings (SSSR count). The van der Waals surface area contributed by atoms with Crippen molar-refractivity contribution in [2.45, 2.75) is 56.7 Å². The quantitative estimate of drug-likeness (QED) is 0.884. The van der Waals surface area contributed by atoms with E-state index in [0.29, 0.717) is 6.42 Å². The first kappa shape index (κ1) is 12.7. The number of carbonyl (C=O) groups is 1. The van der Waals surface area contributed by atoms with Gasteiger partial charge in [-0.25, -0.2) is 0 Å². The molecule has 0 aliphatic carbocycles. The van der Waals surface area contributed by atoms with Gasteiger partial charge in [-0.05, 0) is 31.2 Å². The zero-order valence-electron chi connectivity index (χ0n) is 11.4. The molecule has 0 spiro atoms. The van der Waals surface area contributed by atoms with Crippen molar-refractivity contribution in [1.29, 1.82) is 0 Å². The molecular weight excluding hydrogens is 238 g/mol. The highest BCUT2D eigenvalue weighted by molar-refractivity contribution is 5.74. The zero-order valence-corrected chi connectivity index (χ0v) is 11.4. The lowest BCUT2D eigenvalue weighted by Gasteiger charge is -2.43. The van der Waals surface area contributed by atoms with Gasteiger partial charge >= 0.3 is 0 Å². The van der Waals surface area contributed by atoms with Crippen LogP contribution in [-0.2, 0) is 11.2 Å². The fourth-order valence-corrected chi connectivity index (χ4v) is 3.96. The molecule has 0 aromatic heterocycles. The molecule has 2 fully saturated rings. The Labute approximate surface area is 114 Å². The van der Waals surface area contributed by atoms with Crippen LogP contribution in [0.25, 0.3) is 0 Å². The SMILES string of the molecule is CC(=O)N1C2CCC1CC(O)(Cc1ccccc1)C2. The van der Waals surface area contributed by atoms with Crippen molar-refractivity contribution in [3.8, 4) is 0 Å². The molecule has 2 unspecified atom stereocenters. The third-order valence-electron chi connectivity index (χ3n) is 4.59. The molecule has 1 N–H and O–H groups in total. The average Bonchev–Trinajstić information content (AvgIpc) is 2.64. The highest BCUT2D eigenvalue weighted by Gasteiger charge is 2.48. The van der Waals surface area contributed by atoms with Crippen LogP contribution in [-0.4, -0.2) is 33.6 Å². The molecule has 102 valence electrons. The summed E-state index contributed by atoms with van der Waals surface area (Å²) in [6, 6.07) is 10.6. The molecule has 2 bridgehead atoms. The van der Waals surface area contributed by atoms with Gasteiger partial charge < -0.3 is 10.0 Å². The Balaban J connectivity index is 1.76. The summed E-state index contributed by atoms with van der Waals surface area (Å²) in [6.45, 7) is 1.65. The first-order valence-corrected chi connectivity index (χ1v) is 7.13. The zero-order chi connectivity index (χ0) is 13.5. The highest BCUT2D eigenvalue weighted by atomic mass is 16.3. The van der Waals surface area contributed by atoms with Gasteiger partial charge in [0, 0.05) is 25.4 Å². The lowest BCUT2D eigenvalue weighted by atomic mass is 9.81. The van der Waals surface area contributed by atoms with Crippen LogP contribution >= 0.6 is 0 Å². The van der Waals surface area contributed by atoms with E-state index in [0.717, 1.165) is 25.7 Å². The van der Waals surface area contributed by atoms with E-state index in [-0.39, 0.29) is 18.0 Å². The number of piperidine rings is 1. The number of benzene rings is 1. The van der Waals surface area contributed by atoms with Gasteiger partial charge in [-0.1, -0.05) is 30.3 Å². The maximum absolute atomic E-state index is 11.7. The molecule has 2 saturated heterocycles. The fourth-order valence-electron chi connectivity index (χ4n) is 3.96. The number of amides is 1. The second-order valence-electron chi connectivity index (χ2n) is 6.11. The van der Waals surface area contributed by atoms with Gasteiger partial charge in [-0.2, -0.15) is 0 Å². The minimum atomic E-state index is -0.640. The second-order valence-corrected chi connectivity index (χ2v) is 6.11. The Hall–Kier alpha value is -1.35. The molecule has 19 heavy (non-hydrogen) atoms. The predicted octanol–water partition coefficient (Wildman–Crippen LogP) is 2.13. The molecule has 3 nitrogen and oxygen atoms in total. The standard InChI is InChI=1S/C16H21NO2/c1-12(18)17-14-7-8-15(17)11-16(19,10-14)9-13-5-3-2-4-6-13/h2-6,14-15,19H,7-11H2,1H3. The third kappa shape index (κ3) is 2.39. The molecule has 0 radical (unpaired) electrons. The number of carbonyl (C=O) groups excluding carboxylic acids is 1. The molecule has 1 amide bonds. The van der Waals surface area contributed by atoms with Crippen LogP contribution < -0.4 is 0 Å². The largest absolute Gasteiger partial charge is 0.389 e. The highest BCUT2D eigenvalue weighted by Crippen LogP contribution is 2.42. The maximum Gasteiger partial charge on any atom is 0.219 e. The van der Waals surface area contributed by atoms with Crippen LogP contribution in [0.5, 0.6) is 0 Å². The van der Waals surface area contributed by atoms with Crippen molar-refractivity contribution in [2.24, 2.45) is 0 Å². The summed E-state index contributed by atoms with van der Waals surface area (Å²) in [6.07, 6.45) is 4.23. The molecule has 0 saturated carbocycles. The Morgan fingerprint density at radius 3 is 2.37 bits per heavy atom. The Morgan fingerprint density at radius 2 is 1.84 bits per heavy atom. The van der Waals surface area contributed by atoms with Crippen LogP contribution in [0.1, 0.15) is 38.2 Å². The van der Waals surface area contributed by atoms with Crippen molar-refractivity contribution >= 4 is 5.91 Å².